The number of nitrogens with two attached hydrogens (primary N) is 1. The van der Waals surface area contributed by atoms with E-state index in [9.17, 15) is 0 Å². The fraction of sp³-hybridized carbons (Fsp3) is 0.133. The number of hydrogen-bond acceptors (Lipinski definition) is 3. The van der Waals surface area contributed by atoms with Crippen molar-refractivity contribution < 1.29 is 0 Å². The smallest absolute Gasteiger partial charge is 0.0672 e. The molecule has 0 aliphatic heterocycles. The number of benzene rings is 2. The van der Waals surface area contributed by atoms with E-state index in [1.54, 1.807) is 6.20 Å². The molecule has 0 fully saturated rings. The Labute approximate surface area is 111 Å². The van der Waals surface area contributed by atoms with Crippen LogP contribution >= 0.6 is 0 Å². The number of nitrogens with one attached hydrogen (secondary N) is 1. The van der Waals surface area contributed by atoms with Crippen molar-refractivity contribution in [1.82, 2.24) is 10.2 Å². The molecule has 0 spiro atoms. The van der Waals surface area contributed by atoms with Crippen LogP contribution in [0.25, 0.3) is 10.9 Å². The summed E-state index contributed by atoms with van der Waals surface area (Å²) in [5.74, 6) is 0. The molecule has 1 heterocycles. The lowest BCUT2D eigenvalue weighted by atomic mass is 10.1. The molecule has 0 amide bonds. The minimum Gasteiger partial charge on any atom is -0.397 e. The number of H-pyrrole nitrogens is 1. The third kappa shape index (κ3) is 2.01. The molecule has 0 bridgehead atoms. The predicted molar refractivity (Wildman–Crippen MR) is 79.6 cm³/mol. The van der Waals surface area contributed by atoms with Gasteiger partial charge < -0.3 is 10.6 Å². The molecule has 3 N–H and O–H groups in total. The largest absolute Gasteiger partial charge is 0.397 e. The quantitative estimate of drug-likeness (QED) is 0.703. The van der Waals surface area contributed by atoms with Gasteiger partial charge in [-0.3, -0.25) is 5.10 Å². The summed E-state index contributed by atoms with van der Waals surface area (Å²) in [7, 11) is 0. The lowest BCUT2D eigenvalue weighted by Crippen LogP contribution is -2.17. The van der Waals surface area contributed by atoms with Gasteiger partial charge in [0.05, 0.1) is 23.1 Å². The molecular weight excluding hydrogens is 236 g/mol. The van der Waals surface area contributed by atoms with Crippen LogP contribution in [0.3, 0.4) is 0 Å². The summed E-state index contributed by atoms with van der Waals surface area (Å²) >= 11 is 0. The number of rotatable bonds is 3. The van der Waals surface area contributed by atoms with Crippen LogP contribution in [-0.4, -0.2) is 16.7 Å². The Bertz CT molecular complexity index is 688. The van der Waals surface area contributed by atoms with Crippen molar-refractivity contribution in [2.45, 2.75) is 6.92 Å². The molecule has 4 nitrogen and oxygen atoms in total. The fourth-order valence-electron chi connectivity index (χ4n) is 2.33. The SMILES string of the molecule is CCN(c1ccccc1)c1cc2[nH]ncc2cc1N. The molecule has 0 aliphatic rings. The van der Waals surface area contributed by atoms with E-state index in [-0.39, 0.29) is 0 Å². The summed E-state index contributed by atoms with van der Waals surface area (Å²) in [6.07, 6.45) is 1.79. The normalized spacial score (nSPS) is 10.8. The van der Waals surface area contributed by atoms with Crippen LogP contribution in [0.1, 0.15) is 6.92 Å². The highest BCUT2D eigenvalue weighted by Gasteiger charge is 2.12. The molecule has 0 saturated heterocycles. The van der Waals surface area contributed by atoms with Gasteiger partial charge in [0.2, 0.25) is 0 Å². The number of aromatic nitrogens is 2. The molecule has 0 radical (unpaired) electrons. The third-order valence-corrected chi connectivity index (χ3v) is 3.26. The van der Waals surface area contributed by atoms with Crippen molar-refractivity contribution in [1.29, 1.82) is 0 Å². The van der Waals surface area contributed by atoms with Crippen LogP contribution < -0.4 is 10.6 Å². The zero-order chi connectivity index (χ0) is 13.2. The van der Waals surface area contributed by atoms with Crippen molar-refractivity contribution >= 4 is 28.0 Å². The summed E-state index contributed by atoms with van der Waals surface area (Å²) in [5.41, 5.74) is 10.1. The van der Waals surface area contributed by atoms with Gasteiger partial charge in [0, 0.05) is 17.6 Å². The van der Waals surface area contributed by atoms with Crippen LogP contribution in [0, 0.1) is 0 Å². The van der Waals surface area contributed by atoms with Gasteiger partial charge in [-0.05, 0) is 31.2 Å². The molecule has 0 saturated carbocycles. The van der Waals surface area contributed by atoms with E-state index in [4.69, 9.17) is 5.73 Å². The number of aromatic amines is 1. The first-order valence-electron chi connectivity index (χ1n) is 6.35. The van der Waals surface area contributed by atoms with Crippen LogP contribution in [0.5, 0.6) is 0 Å². The van der Waals surface area contributed by atoms with Gasteiger partial charge >= 0.3 is 0 Å². The molecule has 1 aromatic heterocycles. The second kappa shape index (κ2) is 4.65. The molecule has 0 unspecified atom stereocenters. The monoisotopic (exact) mass is 252 g/mol. The summed E-state index contributed by atoms with van der Waals surface area (Å²) < 4.78 is 0. The molecule has 0 atom stereocenters. The van der Waals surface area contributed by atoms with Crippen molar-refractivity contribution in [2.24, 2.45) is 0 Å². The average Bonchev–Trinajstić information content (AvgIpc) is 2.88. The highest BCUT2D eigenvalue weighted by atomic mass is 15.1. The maximum atomic E-state index is 6.18. The zero-order valence-electron chi connectivity index (χ0n) is 10.8. The number of anilines is 3. The summed E-state index contributed by atoms with van der Waals surface area (Å²) in [6.45, 7) is 2.97. The van der Waals surface area contributed by atoms with Crippen molar-refractivity contribution in [3.8, 4) is 0 Å². The lowest BCUT2D eigenvalue weighted by molar-refractivity contribution is 1.03. The Morgan fingerprint density at radius 2 is 2.00 bits per heavy atom. The molecule has 0 aliphatic carbocycles. The van der Waals surface area contributed by atoms with Crippen LogP contribution in [0.15, 0.2) is 48.7 Å². The van der Waals surface area contributed by atoms with E-state index < -0.39 is 0 Å². The van der Waals surface area contributed by atoms with Crippen LogP contribution in [0.2, 0.25) is 0 Å². The van der Waals surface area contributed by atoms with E-state index in [1.807, 2.05) is 30.3 Å². The van der Waals surface area contributed by atoms with Crippen molar-refractivity contribution in [3.05, 3.63) is 48.7 Å². The van der Waals surface area contributed by atoms with Gasteiger partial charge in [0.15, 0.2) is 0 Å². The third-order valence-electron chi connectivity index (χ3n) is 3.26. The van der Waals surface area contributed by atoms with Gasteiger partial charge in [0.1, 0.15) is 0 Å². The summed E-state index contributed by atoms with van der Waals surface area (Å²) in [4.78, 5) is 2.19. The standard InChI is InChI=1S/C15H16N4/c1-2-19(12-6-4-3-5-7-12)15-9-14-11(8-13(15)16)10-17-18-14/h3-10H,2,16H2,1H3,(H,17,18). The van der Waals surface area contributed by atoms with Crippen molar-refractivity contribution in [3.63, 3.8) is 0 Å². The van der Waals surface area contributed by atoms with Gasteiger partial charge in [-0.25, -0.2) is 0 Å². The molecule has 3 aromatic rings. The second-order valence-electron chi connectivity index (χ2n) is 4.45. The maximum absolute atomic E-state index is 6.18. The highest BCUT2D eigenvalue weighted by molar-refractivity contribution is 5.90. The Kier molecular flexibility index (Phi) is 2.83. The molecule has 19 heavy (non-hydrogen) atoms. The first-order chi connectivity index (χ1) is 9.29. The Morgan fingerprint density at radius 3 is 2.74 bits per heavy atom. The van der Waals surface area contributed by atoms with E-state index in [0.29, 0.717) is 0 Å². The van der Waals surface area contributed by atoms with E-state index in [0.717, 1.165) is 34.5 Å². The zero-order valence-corrected chi connectivity index (χ0v) is 10.8. The molecule has 2 aromatic carbocycles. The first kappa shape index (κ1) is 11.6. The first-order valence-corrected chi connectivity index (χ1v) is 6.35. The van der Waals surface area contributed by atoms with Crippen molar-refractivity contribution in [2.75, 3.05) is 17.2 Å². The number of nitrogen functional groups attached to an aromatic ring is 1. The second-order valence-corrected chi connectivity index (χ2v) is 4.45. The molecule has 3 rings (SSSR count). The minimum atomic E-state index is 0.764. The van der Waals surface area contributed by atoms with Gasteiger partial charge in [-0.15, -0.1) is 0 Å². The van der Waals surface area contributed by atoms with E-state index in [1.165, 1.54) is 0 Å². The average molecular weight is 252 g/mol. The summed E-state index contributed by atoms with van der Waals surface area (Å²) in [6, 6.07) is 14.2. The Morgan fingerprint density at radius 1 is 1.21 bits per heavy atom. The van der Waals surface area contributed by atoms with E-state index in [2.05, 4.69) is 34.2 Å². The van der Waals surface area contributed by atoms with E-state index >= 15 is 0 Å². The van der Waals surface area contributed by atoms with Gasteiger partial charge in [-0.1, -0.05) is 18.2 Å². The number of para-hydroxylation sites is 1. The number of nitrogens with zero attached hydrogens (tertiary/aromatic N) is 2. The Hall–Kier alpha value is -2.49. The number of fused-ring (bicyclic) bond motifs is 1. The highest BCUT2D eigenvalue weighted by Crippen LogP contribution is 2.32. The lowest BCUT2D eigenvalue weighted by Gasteiger charge is -2.24. The Balaban J connectivity index is 2.13. The fourth-order valence-corrected chi connectivity index (χ4v) is 2.33. The number of hydrogen-bond donors (Lipinski definition) is 2. The summed E-state index contributed by atoms with van der Waals surface area (Å²) in [5, 5.41) is 8.06. The molecule has 96 valence electrons. The topological polar surface area (TPSA) is 57.9 Å². The minimum absolute atomic E-state index is 0.764. The maximum Gasteiger partial charge on any atom is 0.0672 e. The van der Waals surface area contributed by atoms with Crippen LogP contribution in [0.4, 0.5) is 17.1 Å². The molecule has 4 heteroatoms. The van der Waals surface area contributed by atoms with Gasteiger partial charge in [0.25, 0.3) is 0 Å². The van der Waals surface area contributed by atoms with Gasteiger partial charge in [-0.2, -0.15) is 5.10 Å². The van der Waals surface area contributed by atoms with Crippen LogP contribution in [-0.2, 0) is 0 Å². The predicted octanol–water partition coefficient (Wildman–Crippen LogP) is 3.30. The molecular formula is C15H16N4.